The summed E-state index contributed by atoms with van der Waals surface area (Å²) in [5, 5.41) is 10.6. The summed E-state index contributed by atoms with van der Waals surface area (Å²) in [5.74, 6) is -2.23. The van der Waals surface area contributed by atoms with Gasteiger partial charge >= 0.3 is 0 Å². The number of aromatic nitrogens is 1. The lowest BCUT2D eigenvalue weighted by Gasteiger charge is -2.27. The number of amides is 1. The van der Waals surface area contributed by atoms with E-state index in [9.17, 15) is 19.1 Å². The molecule has 156 valence electrons. The quantitative estimate of drug-likeness (QED) is 0.623. The molecule has 1 unspecified atom stereocenters. The van der Waals surface area contributed by atoms with Crippen molar-refractivity contribution < 1.29 is 19.1 Å². The lowest BCUT2D eigenvalue weighted by molar-refractivity contribution is -0.130. The Morgan fingerprint density at radius 2 is 1.71 bits per heavy atom. The highest BCUT2D eigenvalue weighted by molar-refractivity contribution is 6.09. The Balaban J connectivity index is 1.68. The fourth-order valence-corrected chi connectivity index (χ4v) is 3.85. The van der Waals surface area contributed by atoms with Crippen molar-refractivity contribution in [3.8, 4) is 0 Å². The zero-order valence-corrected chi connectivity index (χ0v) is 16.7. The number of halogens is 1. The van der Waals surface area contributed by atoms with Crippen LogP contribution in [0.25, 0.3) is 0 Å². The van der Waals surface area contributed by atoms with Gasteiger partial charge in [0.15, 0.2) is 11.5 Å². The first-order valence-corrected chi connectivity index (χ1v) is 10.0. The van der Waals surface area contributed by atoms with E-state index in [0.29, 0.717) is 12.0 Å². The molecule has 4 rings (SSSR count). The highest BCUT2D eigenvalue weighted by atomic mass is 19.1. The summed E-state index contributed by atoms with van der Waals surface area (Å²) < 4.78 is 14.7. The summed E-state index contributed by atoms with van der Waals surface area (Å²) >= 11 is 0. The predicted molar refractivity (Wildman–Crippen MR) is 113 cm³/mol. The van der Waals surface area contributed by atoms with Crippen molar-refractivity contribution in [2.75, 3.05) is 0 Å². The number of pyridine rings is 1. The van der Waals surface area contributed by atoms with Crippen LogP contribution in [0.2, 0.25) is 0 Å². The molecule has 0 fully saturated rings. The first-order valence-electron chi connectivity index (χ1n) is 10.0. The number of aliphatic hydroxyl groups is 1. The van der Waals surface area contributed by atoms with Gasteiger partial charge in [0.25, 0.3) is 5.91 Å². The van der Waals surface area contributed by atoms with Gasteiger partial charge in [-0.15, -0.1) is 0 Å². The highest BCUT2D eigenvalue weighted by Gasteiger charge is 2.44. The maximum atomic E-state index is 14.7. The Morgan fingerprint density at radius 1 is 1.00 bits per heavy atom. The Morgan fingerprint density at radius 3 is 2.42 bits per heavy atom. The normalized spacial score (nSPS) is 16.1. The molecule has 1 amide bonds. The molecule has 1 aromatic heterocycles. The molecule has 1 N–H and O–H groups in total. The first kappa shape index (κ1) is 20.5. The molecule has 6 heteroatoms. The predicted octanol–water partition coefficient (Wildman–Crippen LogP) is 4.32. The van der Waals surface area contributed by atoms with Crippen molar-refractivity contribution in [3.63, 3.8) is 0 Å². The van der Waals surface area contributed by atoms with E-state index < -0.39 is 23.5 Å². The average molecular weight is 416 g/mol. The summed E-state index contributed by atoms with van der Waals surface area (Å²) in [6.07, 6.45) is 3.76. The number of aliphatic hydroxyl groups excluding tert-OH is 1. The number of aryl methyl sites for hydroxylation is 1. The van der Waals surface area contributed by atoms with E-state index in [2.05, 4.69) is 4.98 Å². The van der Waals surface area contributed by atoms with Gasteiger partial charge in [0, 0.05) is 30.9 Å². The monoisotopic (exact) mass is 416 g/mol. The number of carbonyl (C=O) groups is 2. The summed E-state index contributed by atoms with van der Waals surface area (Å²) in [4.78, 5) is 31.4. The third-order valence-electron chi connectivity index (χ3n) is 5.36. The first-order chi connectivity index (χ1) is 15.1. The second kappa shape index (κ2) is 8.92. The Hall–Kier alpha value is -3.80. The minimum atomic E-state index is -1.00. The van der Waals surface area contributed by atoms with Crippen LogP contribution in [0.1, 0.15) is 29.2 Å². The van der Waals surface area contributed by atoms with E-state index in [1.165, 1.54) is 17.0 Å². The fourth-order valence-electron chi connectivity index (χ4n) is 3.85. The second-order valence-corrected chi connectivity index (χ2v) is 7.39. The third-order valence-corrected chi connectivity index (χ3v) is 5.36. The lowest BCUT2D eigenvalue weighted by Crippen LogP contribution is -2.31. The van der Waals surface area contributed by atoms with Crippen molar-refractivity contribution >= 4 is 11.7 Å². The molecule has 0 aliphatic carbocycles. The van der Waals surface area contributed by atoms with E-state index >= 15 is 0 Å². The van der Waals surface area contributed by atoms with E-state index in [4.69, 9.17) is 0 Å². The minimum absolute atomic E-state index is 0.0603. The van der Waals surface area contributed by atoms with Crippen LogP contribution < -0.4 is 0 Å². The molecule has 3 aromatic rings. The number of ketones is 1. The van der Waals surface area contributed by atoms with Crippen LogP contribution in [0.4, 0.5) is 4.39 Å². The molecule has 1 atom stereocenters. The summed E-state index contributed by atoms with van der Waals surface area (Å²) in [6.45, 7) is 0.0885. The fraction of sp³-hybridized carbons (Fsp3) is 0.160. The number of nitrogens with zero attached hydrogens (tertiary/aromatic N) is 2. The van der Waals surface area contributed by atoms with Crippen LogP contribution >= 0.6 is 0 Å². The van der Waals surface area contributed by atoms with Crippen molar-refractivity contribution in [3.05, 3.63) is 113 Å². The van der Waals surface area contributed by atoms with Crippen molar-refractivity contribution in [1.82, 2.24) is 9.88 Å². The smallest absolute Gasteiger partial charge is 0.290 e. The van der Waals surface area contributed by atoms with E-state index in [1.807, 2.05) is 30.3 Å². The number of rotatable bonds is 7. The molecular formula is C25H21FN2O3. The topological polar surface area (TPSA) is 70.5 Å². The molecule has 0 bridgehead atoms. The van der Waals surface area contributed by atoms with Crippen molar-refractivity contribution in [2.24, 2.45) is 0 Å². The minimum Gasteiger partial charge on any atom is -0.503 e. The van der Waals surface area contributed by atoms with Gasteiger partial charge in [-0.3, -0.25) is 14.6 Å². The number of hydrogen-bond acceptors (Lipinski definition) is 4. The maximum Gasteiger partial charge on any atom is 0.290 e. The summed E-state index contributed by atoms with van der Waals surface area (Å²) in [5.41, 5.74) is 1.79. The second-order valence-electron chi connectivity index (χ2n) is 7.39. The Bertz CT molecular complexity index is 1130. The molecule has 2 heterocycles. The van der Waals surface area contributed by atoms with Gasteiger partial charge in [0.1, 0.15) is 5.82 Å². The zero-order chi connectivity index (χ0) is 21.8. The molecular weight excluding hydrogens is 395 g/mol. The largest absolute Gasteiger partial charge is 0.503 e. The SMILES string of the molecule is O=C(CCc1ccccc1)C1=C(O)C(=O)N(Cc2cccnc2)C1c1ccccc1F. The molecule has 5 nitrogen and oxygen atoms in total. The van der Waals surface area contributed by atoms with Gasteiger partial charge in [-0.25, -0.2) is 4.39 Å². The van der Waals surface area contributed by atoms with Gasteiger partial charge < -0.3 is 10.0 Å². The van der Waals surface area contributed by atoms with Crippen molar-refractivity contribution in [1.29, 1.82) is 0 Å². The van der Waals surface area contributed by atoms with Gasteiger partial charge in [0.05, 0.1) is 11.6 Å². The number of benzene rings is 2. The Labute approximate surface area is 179 Å². The van der Waals surface area contributed by atoms with Crippen LogP contribution in [0, 0.1) is 5.82 Å². The maximum absolute atomic E-state index is 14.7. The van der Waals surface area contributed by atoms with Crippen LogP contribution in [0.15, 0.2) is 90.5 Å². The summed E-state index contributed by atoms with van der Waals surface area (Å²) in [7, 11) is 0. The Kier molecular flexibility index (Phi) is 5.89. The van der Waals surface area contributed by atoms with E-state index in [0.717, 1.165) is 5.56 Å². The van der Waals surface area contributed by atoms with E-state index in [-0.39, 0.29) is 29.9 Å². The van der Waals surface area contributed by atoms with Crippen LogP contribution in [-0.4, -0.2) is 26.7 Å². The average Bonchev–Trinajstić information content (AvgIpc) is 3.04. The third kappa shape index (κ3) is 4.23. The van der Waals surface area contributed by atoms with Gasteiger partial charge in [0.2, 0.25) is 0 Å². The molecule has 0 spiro atoms. The van der Waals surface area contributed by atoms with Gasteiger partial charge in [-0.1, -0.05) is 54.6 Å². The molecule has 0 saturated carbocycles. The zero-order valence-electron chi connectivity index (χ0n) is 16.7. The number of carbonyl (C=O) groups excluding carboxylic acids is 2. The van der Waals surface area contributed by atoms with Crippen LogP contribution in [0.5, 0.6) is 0 Å². The number of hydrogen-bond donors (Lipinski definition) is 1. The van der Waals surface area contributed by atoms with E-state index in [1.54, 1.807) is 36.7 Å². The van der Waals surface area contributed by atoms with Crippen LogP contribution in [0.3, 0.4) is 0 Å². The summed E-state index contributed by atoms with van der Waals surface area (Å²) in [6, 6.07) is 18.0. The van der Waals surface area contributed by atoms with Gasteiger partial charge in [-0.2, -0.15) is 0 Å². The molecule has 1 aliphatic heterocycles. The molecule has 2 aromatic carbocycles. The molecule has 31 heavy (non-hydrogen) atoms. The van der Waals surface area contributed by atoms with Gasteiger partial charge in [-0.05, 0) is 29.7 Å². The van der Waals surface area contributed by atoms with Crippen LogP contribution in [-0.2, 0) is 22.6 Å². The molecule has 0 radical (unpaired) electrons. The standard InChI is InChI=1S/C25H21FN2O3/c26-20-11-5-4-10-19(20)23-22(21(29)13-12-17-7-2-1-3-8-17)24(30)25(31)28(23)16-18-9-6-14-27-15-18/h1-11,14-15,23,30H,12-13,16H2. The molecule has 0 saturated heterocycles. The molecule has 1 aliphatic rings. The lowest BCUT2D eigenvalue weighted by atomic mass is 9.93. The highest BCUT2D eigenvalue weighted by Crippen LogP contribution is 2.40. The van der Waals surface area contributed by atoms with Crippen molar-refractivity contribution in [2.45, 2.75) is 25.4 Å². The number of Topliss-reactive ketones (excluding diaryl/α,β-unsaturated/α-hetero) is 1.